The van der Waals surface area contributed by atoms with E-state index < -0.39 is 0 Å². The quantitative estimate of drug-likeness (QED) is 0.870. The van der Waals surface area contributed by atoms with Crippen molar-refractivity contribution in [3.63, 3.8) is 0 Å². The number of amides is 1. The van der Waals surface area contributed by atoms with Crippen molar-refractivity contribution in [1.82, 2.24) is 10.2 Å². The Hall–Kier alpha value is -0.710. The first-order valence-electron chi connectivity index (χ1n) is 7.69. The minimum Gasteiger partial charge on any atom is -0.359 e. The molecule has 0 aromatic rings. The van der Waals surface area contributed by atoms with Crippen molar-refractivity contribution < 1.29 is 4.79 Å². The molecule has 0 bridgehead atoms. The molecule has 5 heteroatoms. The van der Waals surface area contributed by atoms with Crippen LogP contribution < -0.4 is 5.32 Å². The molecular weight excluding hydrogens is 270 g/mol. The Labute approximate surface area is 126 Å². The van der Waals surface area contributed by atoms with E-state index in [2.05, 4.69) is 17.2 Å². The number of carbonyl (C=O) groups excluding carboxylic acids is 1. The van der Waals surface area contributed by atoms with Crippen molar-refractivity contribution in [3.8, 4) is 0 Å². The smallest absolute Gasteiger partial charge is 0.246 e. The monoisotopic (exact) mass is 297 g/mol. The molecule has 20 heavy (non-hydrogen) atoms. The van der Waals surface area contributed by atoms with Gasteiger partial charge in [0.05, 0.1) is 0 Å². The largest absolute Gasteiger partial charge is 0.359 e. The molecule has 1 aliphatic carbocycles. The van der Waals surface area contributed by atoms with Gasteiger partial charge in [-0.15, -0.1) is 0 Å². The van der Waals surface area contributed by atoms with E-state index in [-0.39, 0.29) is 17.5 Å². The van der Waals surface area contributed by atoms with Crippen LogP contribution in [0, 0.1) is 5.92 Å². The number of amidine groups is 1. The number of likely N-dealkylation sites (N-methyl/N-ethyl adjacent to an activating group) is 1. The summed E-state index contributed by atoms with van der Waals surface area (Å²) in [4.78, 5) is 18.4. The van der Waals surface area contributed by atoms with Gasteiger partial charge in [0.1, 0.15) is 6.04 Å². The average Bonchev–Trinajstić information content (AvgIpc) is 2.79. The second kappa shape index (κ2) is 6.37. The van der Waals surface area contributed by atoms with Gasteiger partial charge in [-0.1, -0.05) is 31.5 Å². The zero-order valence-corrected chi connectivity index (χ0v) is 13.9. The van der Waals surface area contributed by atoms with Gasteiger partial charge in [-0.3, -0.25) is 4.79 Å². The predicted molar refractivity (Wildman–Crippen MR) is 86.2 cm³/mol. The molecule has 0 aromatic carbocycles. The SMILES string of the molecule is CCN(C)C(=O)C(C)N=C1NC2(CCCC(C)C2)CS1. The summed E-state index contributed by atoms with van der Waals surface area (Å²) in [7, 11) is 1.83. The Morgan fingerprint density at radius 2 is 2.40 bits per heavy atom. The van der Waals surface area contributed by atoms with Crippen LogP contribution in [0.3, 0.4) is 0 Å². The summed E-state index contributed by atoms with van der Waals surface area (Å²) in [5, 5.41) is 4.58. The molecule has 1 amide bonds. The molecule has 1 aliphatic heterocycles. The molecule has 4 nitrogen and oxygen atoms in total. The Balaban J connectivity index is 1.98. The van der Waals surface area contributed by atoms with Crippen LogP contribution in [0.25, 0.3) is 0 Å². The minimum absolute atomic E-state index is 0.0976. The molecule has 1 heterocycles. The van der Waals surface area contributed by atoms with Crippen LogP contribution in [0.2, 0.25) is 0 Å². The first-order chi connectivity index (χ1) is 9.46. The van der Waals surface area contributed by atoms with Crippen molar-refractivity contribution in [3.05, 3.63) is 0 Å². The summed E-state index contributed by atoms with van der Waals surface area (Å²) in [5.74, 6) is 1.99. The van der Waals surface area contributed by atoms with Crippen molar-refractivity contribution in [1.29, 1.82) is 0 Å². The molecule has 1 N–H and O–H groups in total. The Kier molecular flexibility index (Phi) is 4.99. The lowest BCUT2D eigenvalue weighted by Gasteiger charge is -2.36. The zero-order chi connectivity index (χ0) is 14.8. The fourth-order valence-corrected chi connectivity index (χ4v) is 4.45. The van der Waals surface area contributed by atoms with E-state index in [0.717, 1.165) is 23.4 Å². The predicted octanol–water partition coefficient (Wildman–Crippen LogP) is 2.49. The van der Waals surface area contributed by atoms with Gasteiger partial charge in [0.2, 0.25) is 5.91 Å². The lowest BCUT2D eigenvalue weighted by molar-refractivity contribution is -0.130. The van der Waals surface area contributed by atoms with Gasteiger partial charge < -0.3 is 10.2 Å². The number of hydrogen-bond acceptors (Lipinski definition) is 3. The van der Waals surface area contributed by atoms with Crippen LogP contribution in [0.4, 0.5) is 0 Å². The summed E-state index contributed by atoms with van der Waals surface area (Å²) < 4.78 is 0. The van der Waals surface area contributed by atoms with Gasteiger partial charge in [0.25, 0.3) is 0 Å². The van der Waals surface area contributed by atoms with E-state index in [1.54, 1.807) is 16.7 Å². The van der Waals surface area contributed by atoms with Gasteiger partial charge in [0, 0.05) is 24.9 Å². The molecule has 0 radical (unpaired) electrons. The molecule has 3 atom stereocenters. The molecule has 1 spiro atoms. The maximum atomic E-state index is 12.1. The third-order valence-corrected chi connectivity index (χ3v) is 5.65. The fourth-order valence-electron chi connectivity index (χ4n) is 3.19. The van der Waals surface area contributed by atoms with Crippen LogP contribution in [0.1, 0.15) is 46.5 Å². The number of carbonyl (C=O) groups is 1. The Morgan fingerprint density at radius 3 is 3.05 bits per heavy atom. The standard InChI is InChI=1S/C15H27N3OS/c1-5-18(4)13(19)12(3)16-14-17-15(10-20-14)8-6-7-11(2)9-15/h11-12H,5-10H2,1-4H3,(H,16,17). The minimum atomic E-state index is -0.286. The molecule has 114 valence electrons. The number of thioether (sulfide) groups is 1. The van der Waals surface area contributed by atoms with E-state index in [1.807, 2.05) is 20.9 Å². The highest BCUT2D eigenvalue weighted by Crippen LogP contribution is 2.38. The third kappa shape index (κ3) is 3.48. The van der Waals surface area contributed by atoms with Crippen molar-refractivity contribution >= 4 is 22.8 Å². The molecule has 1 saturated heterocycles. The van der Waals surface area contributed by atoms with E-state index in [4.69, 9.17) is 0 Å². The number of nitrogens with one attached hydrogen (secondary N) is 1. The summed E-state index contributed by atoms with van der Waals surface area (Å²) >= 11 is 1.78. The molecule has 0 aromatic heterocycles. The van der Waals surface area contributed by atoms with Crippen LogP contribution in [0.15, 0.2) is 4.99 Å². The molecular formula is C15H27N3OS. The average molecular weight is 297 g/mol. The highest BCUT2D eigenvalue weighted by molar-refractivity contribution is 8.14. The van der Waals surface area contributed by atoms with E-state index in [0.29, 0.717) is 0 Å². The van der Waals surface area contributed by atoms with Crippen LogP contribution >= 0.6 is 11.8 Å². The van der Waals surface area contributed by atoms with Crippen LogP contribution in [0.5, 0.6) is 0 Å². The molecule has 2 aliphatic rings. The number of rotatable bonds is 3. The number of aliphatic imine (C=N–C) groups is 1. The van der Waals surface area contributed by atoms with E-state index >= 15 is 0 Å². The summed E-state index contributed by atoms with van der Waals surface area (Å²) in [5.41, 5.74) is 0.237. The number of nitrogens with zero attached hydrogens (tertiary/aromatic N) is 2. The van der Waals surface area contributed by atoms with Crippen molar-refractivity contribution in [2.24, 2.45) is 10.9 Å². The van der Waals surface area contributed by atoms with Gasteiger partial charge in [-0.05, 0) is 32.6 Å². The molecule has 3 unspecified atom stereocenters. The van der Waals surface area contributed by atoms with Gasteiger partial charge in [0.15, 0.2) is 5.17 Å². The van der Waals surface area contributed by atoms with Crippen molar-refractivity contribution in [2.75, 3.05) is 19.3 Å². The summed E-state index contributed by atoms with van der Waals surface area (Å²) in [6, 6.07) is -0.286. The Bertz CT molecular complexity index is 399. The van der Waals surface area contributed by atoms with Crippen LogP contribution in [-0.4, -0.2) is 46.9 Å². The topological polar surface area (TPSA) is 44.7 Å². The van der Waals surface area contributed by atoms with Gasteiger partial charge >= 0.3 is 0 Å². The second-order valence-corrected chi connectivity index (χ2v) is 7.32. The molecule has 2 fully saturated rings. The molecule has 1 saturated carbocycles. The van der Waals surface area contributed by atoms with Gasteiger partial charge in [-0.25, -0.2) is 4.99 Å². The zero-order valence-electron chi connectivity index (χ0n) is 13.1. The van der Waals surface area contributed by atoms with Crippen molar-refractivity contribution in [2.45, 2.75) is 58.0 Å². The third-order valence-electron chi connectivity index (χ3n) is 4.47. The summed E-state index contributed by atoms with van der Waals surface area (Å²) in [6.07, 6.45) is 5.11. The van der Waals surface area contributed by atoms with E-state index in [9.17, 15) is 4.79 Å². The lowest BCUT2D eigenvalue weighted by atomic mass is 9.78. The second-order valence-electron chi connectivity index (χ2n) is 6.36. The summed E-state index contributed by atoms with van der Waals surface area (Å²) in [6.45, 7) is 6.94. The maximum Gasteiger partial charge on any atom is 0.246 e. The maximum absolute atomic E-state index is 12.1. The first kappa shape index (κ1) is 15.7. The first-order valence-corrected chi connectivity index (χ1v) is 8.68. The highest BCUT2D eigenvalue weighted by atomic mass is 32.2. The van der Waals surface area contributed by atoms with Gasteiger partial charge in [-0.2, -0.15) is 0 Å². The van der Waals surface area contributed by atoms with E-state index in [1.165, 1.54) is 25.7 Å². The highest BCUT2D eigenvalue weighted by Gasteiger charge is 2.40. The molecule has 2 rings (SSSR count). The fraction of sp³-hybridized carbons (Fsp3) is 0.867. The van der Waals surface area contributed by atoms with Crippen LogP contribution in [-0.2, 0) is 4.79 Å². The Morgan fingerprint density at radius 1 is 1.65 bits per heavy atom. The lowest BCUT2D eigenvalue weighted by Crippen LogP contribution is -2.47. The number of hydrogen-bond donors (Lipinski definition) is 1. The normalized spacial score (nSPS) is 33.2.